The first-order valence-electron chi connectivity index (χ1n) is 9.91. The number of fused-ring (bicyclic) bond motifs is 1. The molecule has 27 heavy (non-hydrogen) atoms. The van der Waals surface area contributed by atoms with Crippen LogP contribution in [0.2, 0.25) is 0 Å². The second-order valence-corrected chi connectivity index (χ2v) is 8.67. The van der Waals surface area contributed by atoms with Crippen LogP contribution in [0.25, 0.3) is 0 Å². The van der Waals surface area contributed by atoms with Crippen LogP contribution < -0.4 is 4.72 Å². The molecule has 0 spiro atoms. The molecule has 0 atom stereocenters. The Morgan fingerprint density at radius 1 is 1.33 bits per heavy atom. The van der Waals surface area contributed by atoms with Gasteiger partial charge in [0.05, 0.1) is 24.1 Å². The van der Waals surface area contributed by atoms with E-state index in [-0.39, 0.29) is 42.2 Å². The second kappa shape index (κ2) is 6.00. The number of imide groups is 1. The first-order chi connectivity index (χ1) is 13.9. The van der Waals surface area contributed by atoms with Crippen LogP contribution in [0.15, 0.2) is 35.5 Å². The van der Waals surface area contributed by atoms with Gasteiger partial charge in [-0.15, -0.1) is 0 Å². The van der Waals surface area contributed by atoms with Crippen molar-refractivity contribution in [1.29, 1.82) is 0 Å². The minimum absolute atomic E-state index is 0.0301. The number of hydrogen-bond acceptors (Lipinski definition) is 5. The molecule has 1 aliphatic heterocycles. The van der Waals surface area contributed by atoms with Gasteiger partial charge in [0.1, 0.15) is 0 Å². The van der Waals surface area contributed by atoms with Crippen LogP contribution in [0.3, 0.4) is 0 Å². The van der Waals surface area contributed by atoms with E-state index in [1.807, 2.05) is 0 Å². The van der Waals surface area contributed by atoms with Crippen LogP contribution in [0, 0.1) is 0 Å². The van der Waals surface area contributed by atoms with Gasteiger partial charge in [-0.1, -0.05) is 6.07 Å². The Hall–Kier alpha value is -2.52. The van der Waals surface area contributed by atoms with Gasteiger partial charge in [0, 0.05) is 34.0 Å². The highest BCUT2D eigenvalue weighted by Gasteiger charge is 2.41. The maximum atomic E-state index is 12.9. The van der Waals surface area contributed by atoms with Crippen molar-refractivity contribution >= 4 is 21.8 Å². The van der Waals surface area contributed by atoms with Gasteiger partial charge in [0.15, 0.2) is 0 Å². The highest BCUT2D eigenvalue weighted by atomic mass is 32.2. The van der Waals surface area contributed by atoms with E-state index in [1.54, 1.807) is 24.1 Å². The fourth-order valence-corrected chi connectivity index (χ4v) is 4.39. The molecule has 9 heteroatoms. The number of carbonyl (C=O) groups excluding carboxylic acids is 2. The molecule has 2 heterocycles. The zero-order chi connectivity index (χ0) is 21.9. The van der Waals surface area contributed by atoms with Crippen molar-refractivity contribution in [3.05, 3.63) is 47.3 Å². The Kier molecular flexibility index (Phi) is 3.23. The largest absolute Gasteiger partial charge is 0.275 e. The van der Waals surface area contributed by atoms with Gasteiger partial charge in [-0.25, -0.2) is 13.1 Å². The molecule has 0 bridgehead atoms. The molecule has 1 aliphatic carbocycles. The molecule has 0 radical (unpaired) electrons. The van der Waals surface area contributed by atoms with Crippen molar-refractivity contribution < 1.29 is 22.1 Å². The molecule has 1 fully saturated rings. The van der Waals surface area contributed by atoms with Gasteiger partial charge in [-0.05, 0) is 37.4 Å². The van der Waals surface area contributed by atoms with Crippen LogP contribution in [-0.4, -0.2) is 40.5 Å². The normalized spacial score (nSPS) is 20.6. The average molecular weight is 391 g/mol. The van der Waals surface area contributed by atoms with Crippen LogP contribution >= 0.6 is 0 Å². The lowest BCUT2D eigenvalue weighted by Gasteiger charge is -2.27. The maximum absolute atomic E-state index is 12.9. The molecule has 2 aliphatic rings. The van der Waals surface area contributed by atoms with E-state index >= 15 is 0 Å². The summed E-state index contributed by atoms with van der Waals surface area (Å²) in [6.45, 7) is -2.43. The van der Waals surface area contributed by atoms with Crippen molar-refractivity contribution in [2.24, 2.45) is 7.05 Å². The summed E-state index contributed by atoms with van der Waals surface area (Å²) in [6.07, 6.45) is 3.64. The van der Waals surface area contributed by atoms with Crippen LogP contribution in [0.4, 0.5) is 0 Å². The summed E-state index contributed by atoms with van der Waals surface area (Å²) in [7, 11) is -2.44. The molecule has 0 unspecified atom stereocenters. The zero-order valence-electron chi connectivity index (χ0n) is 17.6. The lowest BCUT2D eigenvalue weighted by atomic mass is 9.98. The predicted molar refractivity (Wildman–Crippen MR) is 96.2 cm³/mol. The summed E-state index contributed by atoms with van der Waals surface area (Å²) in [6, 6.07) is 3.92. The number of rotatable bonds is 5. The molecule has 2 amide bonds. The molecular weight excluding hydrogens is 368 g/mol. The number of hydrogen-bond donors (Lipinski definition) is 1. The Labute approximate surface area is 161 Å². The van der Waals surface area contributed by atoms with Crippen molar-refractivity contribution in [1.82, 2.24) is 19.4 Å². The first kappa shape index (κ1) is 14.5. The third-order valence-corrected chi connectivity index (χ3v) is 6.22. The molecular formula is C18H20N4O4S. The average Bonchev–Trinajstić information content (AvgIpc) is 3.31. The summed E-state index contributed by atoms with van der Waals surface area (Å²) < 4.78 is 52.2. The minimum Gasteiger partial charge on any atom is -0.275 e. The Balaban J connectivity index is 1.63. The summed E-state index contributed by atoms with van der Waals surface area (Å²) in [5.74, 6) is -0.983. The minimum atomic E-state index is -4.16. The van der Waals surface area contributed by atoms with Crippen LogP contribution in [0.5, 0.6) is 0 Å². The number of amides is 2. The number of aromatic nitrogens is 2. The van der Waals surface area contributed by atoms with Crippen molar-refractivity contribution in [3.63, 3.8) is 0 Å². The number of carbonyl (C=O) groups is 2. The van der Waals surface area contributed by atoms with E-state index in [0.717, 1.165) is 4.90 Å². The van der Waals surface area contributed by atoms with E-state index in [1.165, 1.54) is 18.2 Å². The molecule has 2 aromatic rings. The van der Waals surface area contributed by atoms with Crippen LogP contribution in [0.1, 0.15) is 45.3 Å². The fraction of sp³-hybridized carbons (Fsp3) is 0.389. The summed E-state index contributed by atoms with van der Waals surface area (Å²) in [5.41, 5.74) is -0.251. The van der Waals surface area contributed by atoms with E-state index in [0.29, 0.717) is 11.1 Å². The van der Waals surface area contributed by atoms with Crippen molar-refractivity contribution in [2.75, 3.05) is 0 Å². The highest BCUT2D eigenvalue weighted by Crippen LogP contribution is 2.36. The van der Waals surface area contributed by atoms with Gasteiger partial charge in [0.25, 0.3) is 5.91 Å². The third kappa shape index (κ3) is 3.40. The Morgan fingerprint density at radius 2 is 2.11 bits per heavy atom. The SMILES string of the molecule is [2H]C([2H])([2H])C1(NS(=O)(=O)c2ccc3c(c2)C(=O)N(Cc2cnn(C)c2)C(=O)C3)CC1. The molecule has 142 valence electrons. The quantitative estimate of drug-likeness (QED) is 0.766. The van der Waals surface area contributed by atoms with E-state index in [4.69, 9.17) is 4.11 Å². The molecule has 1 saturated carbocycles. The summed E-state index contributed by atoms with van der Waals surface area (Å²) in [4.78, 5) is 26.3. The number of benzene rings is 1. The van der Waals surface area contributed by atoms with Crippen molar-refractivity contribution in [2.45, 2.75) is 43.1 Å². The maximum Gasteiger partial charge on any atom is 0.261 e. The highest BCUT2D eigenvalue weighted by molar-refractivity contribution is 7.89. The first-order valence-corrected chi connectivity index (χ1v) is 9.89. The lowest BCUT2D eigenvalue weighted by molar-refractivity contribution is -0.128. The van der Waals surface area contributed by atoms with Gasteiger partial charge in [0.2, 0.25) is 15.9 Å². The monoisotopic (exact) mass is 391 g/mol. The van der Waals surface area contributed by atoms with E-state index < -0.39 is 28.3 Å². The smallest absolute Gasteiger partial charge is 0.261 e. The topological polar surface area (TPSA) is 101 Å². The fourth-order valence-electron chi connectivity index (χ4n) is 3.03. The molecule has 1 N–H and O–H groups in total. The molecule has 8 nitrogen and oxygen atoms in total. The standard InChI is InChI=1S/C18H20N4O4S/c1-18(5-6-18)20-27(25,26)14-4-3-13-7-16(23)22(17(24)15(13)8-14)11-12-9-19-21(2)10-12/h3-4,8-10,20H,5-7,11H2,1-2H3/i1D3. The van der Waals surface area contributed by atoms with Crippen LogP contribution in [-0.2, 0) is 34.8 Å². The van der Waals surface area contributed by atoms with Gasteiger partial charge < -0.3 is 0 Å². The second-order valence-electron chi connectivity index (χ2n) is 6.99. The van der Waals surface area contributed by atoms with E-state index in [2.05, 4.69) is 9.82 Å². The zero-order valence-corrected chi connectivity index (χ0v) is 15.4. The lowest BCUT2D eigenvalue weighted by Crippen LogP contribution is -2.42. The predicted octanol–water partition coefficient (Wildman–Crippen LogP) is 0.976. The Bertz CT molecular complexity index is 1150. The number of aryl methyl sites for hydroxylation is 1. The molecule has 1 aromatic heterocycles. The van der Waals surface area contributed by atoms with Crippen molar-refractivity contribution in [3.8, 4) is 0 Å². The Morgan fingerprint density at radius 3 is 2.74 bits per heavy atom. The summed E-state index contributed by atoms with van der Waals surface area (Å²) >= 11 is 0. The van der Waals surface area contributed by atoms with Gasteiger partial charge in [-0.3, -0.25) is 19.2 Å². The molecule has 1 aromatic carbocycles. The van der Waals surface area contributed by atoms with Gasteiger partial charge in [-0.2, -0.15) is 5.10 Å². The third-order valence-electron chi connectivity index (χ3n) is 4.69. The van der Waals surface area contributed by atoms with Gasteiger partial charge >= 0.3 is 0 Å². The number of nitrogens with one attached hydrogen (secondary N) is 1. The molecule has 0 saturated heterocycles. The number of nitrogens with zero attached hydrogens (tertiary/aromatic N) is 3. The van der Waals surface area contributed by atoms with E-state index in [9.17, 15) is 18.0 Å². The molecule has 4 rings (SSSR count). The summed E-state index contributed by atoms with van der Waals surface area (Å²) in [5, 5.41) is 4.02. The number of sulfonamides is 1.